The highest BCUT2D eigenvalue weighted by Crippen LogP contribution is 2.53. The fourth-order valence-electron chi connectivity index (χ4n) is 5.37. The van der Waals surface area contributed by atoms with Crippen LogP contribution in [-0.4, -0.2) is 24.5 Å². The zero-order chi connectivity index (χ0) is 12.1. The Bertz CT molecular complexity index is 326. The third kappa shape index (κ3) is 1.87. The molecule has 1 heterocycles. The van der Waals surface area contributed by atoms with Crippen molar-refractivity contribution in [2.75, 3.05) is 6.54 Å². The van der Waals surface area contributed by atoms with Gasteiger partial charge < -0.3 is 10.6 Å². The van der Waals surface area contributed by atoms with Crippen LogP contribution in [0.25, 0.3) is 0 Å². The van der Waals surface area contributed by atoms with Gasteiger partial charge in [0, 0.05) is 25.0 Å². The molecule has 5 aliphatic rings. The van der Waals surface area contributed by atoms with Gasteiger partial charge in [0.15, 0.2) is 0 Å². The summed E-state index contributed by atoms with van der Waals surface area (Å²) in [4.78, 5) is 11.2. The summed E-state index contributed by atoms with van der Waals surface area (Å²) in [5.74, 6) is 4.23. The van der Waals surface area contributed by atoms with Gasteiger partial charge in [0.25, 0.3) is 0 Å². The van der Waals surface area contributed by atoms with Crippen LogP contribution in [-0.2, 0) is 4.79 Å². The molecule has 4 aliphatic carbocycles. The Morgan fingerprint density at radius 1 is 1.06 bits per heavy atom. The number of hydrogen-bond acceptors (Lipinski definition) is 2. The second kappa shape index (κ2) is 4.22. The molecular weight excluding hydrogens is 224 g/mol. The first-order valence-electron chi connectivity index (χ1n) is 7.80. The van der Waals surface area contributed by atoms with Crippen molar-refractivity contribution in [1.29, 1.82) is 0 Å². The topological polar surface area (TPSA) is 41.1 Å². The molecule has 1 saturated heterocycles. The minimum Gasteiger partial charge on any atom is -0.352 e. The monoisotopic (exact) mass is 248 g/mol. The third-order valence-electron chi connectivity index (χ3n) is 5.91. The Morgan fingerprint density at radius 2 is 1.72 bits per heavy atom. The van der Waals surface area contributed by atoms with E-state index >= 15 is 0 Å². The van der Waals surface area contributed by atoms with Crippen molar-refractivity contribution < 1.29 is 4.79 Å². The molecule has 1 unspecified atom stereocenters. The van der Waals surface area contributed by atoms with Gasteiger partial charge in [-0.15, -0.1) is 0 Å². The molecule has 4 bridgehead atoms. The van der Waals surface area contributed by atoms with Crippen molar-refractivity contribution in [1.82, 2.24) is 10.6 Å². The minimum absolute atomic E-state index is 0.242. The number of nitrogens with one attached hydrogen (secondary N) is 2. The number of rotatable bonds is 3. The standard InChI is InChI=1S/C15H24N2O/c18-14-2-1-13(17-14)8-16-15-11-4-9-3-10(6-11)7-12(15)5-9/h9-13,15-16H,1-8H2,(H,17,18). The van der Waals surface area contributed by atoms with Crippen molar-refractivity contribution in [2.24, 2.45) is 23.7 Å². The Kier molecular flexibility index (Phi) is 2.65. The van der Waals surface area contributed by atoms with Crippen LogP contribution >= 0.6 is 0 Å². The Labute approximate surface area is 109 Å². The molecule has 100 valence electrons. The molecule has 1 amide bonds. The molecule has 3 heteroatoms. The highest BCUT2D eigenvalue weighted by atomic mass is 16.1. The molecule has 3 nitrogen and oxygen atoms in total. The van der Waals surface area contributed by atoms with E-state index in [9.17, 15) is 4.79 Å². The van der Waals surface area contributed by atoms with E-state index in [1.165, 1.54) is 32.1 Å². The summed E-state index contributed by atoms with van der Waals surface area (Å²) < 4.78 is 0. The molecule has 0 aromatic carbocycles. The summed E-state index contributed by atoms with van der Waals surface area (Å²) in [6.45, 7) is 0.999. The summed E-state index contributed by atoms with van der Waals surface area (Å²) in [5.41, 5.74) is 0. The summed E-state index contributed by atoms with van der Waals surface area (Å²) >= 11 is 0. The van der Waals surface area contributed by atoms with E-state index in [0.29, 0.717) is 6.04 Å². The van der Waals surface area contributed by atoms with E-state index in [2.05, 4.69) is 10.6 Å². The second-order valence-corrected chi connectivity index (χ2v) is 7.17. The summed E-state index contributed by atoms with van der Waals surface area (Å²) in [6, 6.07) is 1.16. The molecule has 1 aliphatic heterocycles. The van der Waals surface area contributed by atoms with Crippen LogP contribution in [0.5, 0.6) is 0 Å². The lowest BCUT2D eigenvalue weighted by molar-refractivity contribution is -0.119. The highest BCUT2D eigenvalue weighted by molar-refractivity contribution is 5.78. The average molecular weight is 248 g/mol. The predicted molar refractivity (Wildman–Crippen MR) is 70.0 cm³/mol. The van der Waals surface area contributed by atoms with E-state index in [-0.39, 0.29) is 5.91 Å². The fraction of sp³-hybridized carbons (Fsp3) is 0.933. The van der Waals surface area contributed by atoms with Gasteiger partial charge in [0.2, 0.25) is 5.91 Å². The smallest absolute Gasteiger partial charge is 0.220 e. The zero-order valence-electron chi connectivity index (χ0n) is 11.0. The van der Waals surface area contributed by atoms with Crippen LogP contribution in [0.4, 0.5) is 0 Å². The lowest BCUT2D eigenvalue weighted by Gasteiger charge is -2.54. The van der Waals surface area contributed by atoms with Crippen molar-refractivity contribution in [3.63, 3.8) is 0 Å². The largest absolute Gasteiger partial charge is 0.352 e. The van der Waals surface area contributed by atoms with Crippen LogP contribution in [0, 0.1) is 23.7 Å². The maximum Gasteiger partial charge on any atom is 0.220 e. The molecule has 0 spiro atoms. The normalized spacial score (nSPS) is 49.7. The third-order valence-corrected chi connectivity index (χ3v) is 5.91. The van der Waals surface area contributed by atoms with Crippen LogP contribution in [0.15, 0.2) is 0 Å². The van der Waals surface area contributed by atoms with Crippen LogP contribution < -0.4 is 10.6 Å². The number of hydrogen-bond donors (Lipinski definition) is 2. The van der Waals surface area contributed by atoms with Gasteiger partial charge in [-0.1, -0.05) is 0 Å². The average Bonchev–Trinajstić information content (AvgIpc) is 2.73. The molecule has 0 radical (unpaired) electrons. The lowest BCUT2D eigenvalue weighted by Crippen LogP contribution is -2.56. The maximum absolute atomic E-state index is 11.2. The van der Waals surface area contributed by atoms with Crippen molar-refractivity contribution in [3.05, 3.63) is 0 Å². The molecule has 1 atom stereocenters. The Hall–Kier alpha value is -0.570. The van der Waals surface area contributed by atoms with E-state index < -0.39 is 0 Å². The Morgan fingerprint density at radius 3 is 2.28 bits per heavy atom. The van der Waals surface area contributed by atoms with Crippen LogP contribution in [0.2, 0.25) is 0 Å². The van der Waals surface area contributed by atoms with Crippen molar-refractivity contribution >= 4 is 5.91 Å². The molecule has 0 aromatic heterocycles. The lowest BCUT2D eigenvalue weighted by atomic mass is 9.54. The van der Waals surface area contributed by atoms with Gasteiger partial charge in [-0.05, 0) is 62.2 Å². The van der Waals surface area contributed by atoms with E-state index in [4.69, 9.17) is 0 Å². The first-order chi connectivity index (χ1) is 8.78. The first-order valence-corrected chi connectivity index (χ1v) is 7.80. The molecule has 5 fully saturated rings. The first kappa shape index (κ1) is 11.3. The maximum atomic E-state index is 11.2. The van der Waals surface area contributed by atoms with Gasteiger partial charge >= 0.3 is 0 Å². The molecule has 0 aromatic rings. The van der Waals surface area contributed by atoms with Crippen molar-refractivity contribution in [2.45, 2.75) is 57.0 Å². The van der Waals surface area contributed by atoms with Gasteiger partial charge in [-0.3, -0.25) is 4.79 Å². The molecule has 2 N–H and O–H groups in total. The molecule has 4 saturated carbocycles. The summed E-state index contributed by atoms with van der Waals surface area (Å²) in [7, 11) is 0. The quantitative estimate of drug-likeness (QED) is 0.798. The van der Waals surface area contributed by atoms with Gasteiger partial charge in [-0.25, -0.2) is 0 Å². The minimum atomic E-state index is 0.242. The van der Waals surface area contributed by atoms with Crippen LogP contribution in [0.3, 0.4) is 0 Å². The number of amides is 1. The van der Waals surface area contributed by atoms with E-state index in [1.807, 2.05) is 0 Å². The Balaban J connectivity index is 1.36. The zero-order valence-corrected chi connectivity index (χ0v) is 11.0. The highest BCUT2D eigenvalue weighted by Gasteiger charge is 2.48. The molecular formula is C15H24N2O. The van der Waals surface area contributed by atoms with E-state index in [1.54, 1.807) is 0 Å². The number of carbonyl (C=O) groups is 1. The summed E-state index contributed by atoms with van der Waals surface area (Å²) in [6.07, 6.45) is 9.18. The van der Waals surface area contributed by atoms with E-state index in [0.717, 1.165) is 49.1 Å². The molecule has 5 rings (SSSR count). The summed E-state index contributed by atoms with van der Waals surface area (Å²) in [5, 5.41) is 6.89. The van der Waals surface area contributed by atoms with Gasteiger partial charge in [0.05, 0.1) is 0 Å². The second-order valence-electron chi connectivity index (χ2n) is 7.17. The van der Waals surface area contributed by atoms with Gasteiger partial charge in [0.1, 0.15) is 0 Å². The van der Waals surface area contributed by atoms with Crippen LogP contribution in [0.1, 0.15) is 44.9 Å². The van der Waals surface area contributed by atoms with Gasteiger partial charge in [-0.2, -0.15) is 0 Å². The van der Waals surface area contributed by atoms with Crippen molar-refractivity contribution in [3.8, 4) is 0 Å². The SMILES string of the molecule is O=C1CCC(CNC2C3CC4CC(C3)CC2C4)N1. The molecule has 18 heavy (non-hydrogen) atoms. The fourth-order valence-corrected chi connectivity index (χ4v) is 5.37. The predicted octanol–water partition coefficient (Wildman–Crippen LogP) is 1.68. The number of carbonyl (C=O) groups excluding carboxylic acids is 1.